The molecule has 2 aromatic carbocycles. The highest BCUT2D eigenvalue weighted by Gasteiger charge is 2.38. The summed E-state index contributed by atoms with van der Waals surface area (Å²) >= 11 is 0. The molecule has 2 aliphatic rings. The first-order chi connectivity index (χ1) is 15.7. The molecule has 0 aromatic heterocycles. The highest BCUT2D eigenvalue weighted by molar-refractivity contribution is 7.93. The van der Waals surface area contributed by atoms with E-state index >= 15 is 0 Å². The monoisotopic (exact) mass is 475 g/mol. The van der Waals surface area contributed by atoms with E-state index in [0.29, 0.717) is 32.6 Å². The lowest BCUT2D eigenvalue weighted by Crippen LogP contribution is -2.49. The minimum Gasteiger partial charge on any atom is -0.383 e. The zero-order valence-electron chi connectivity index (χ0n) is 19.3. The number of piperazine rings is 1. The van der Waals surface area contributed by atoms with Gasteiger partial charge in [0.05, 0.1) is 29.7 Å². The maximum atomic E-state index is 15.0. The average molecular weight is 476 g/mol. The Morgan fingerprint density at radius 1 is 1.09 bits per heavy atom. The largest absolute Gasteiger partial charge is 0.383 e. The summed E-state index contributed by atoms with van der Waals surface area (Å²) in [5.74, 6) is -1.10. The van der Waals surface area contributed by atoms with E-state index in [1.165, 1.54) is 34.7 Å². The summed E-state index contributed by atoms with van der Waals surface area (Å²) in [6.45, 7) is 6.68. The zero-order valence-corrected chi connectivity index (χ0v) is 20.1. The van der Waals surface area contributed by atoms with Gasteiger partial charge in [-0.2, -0.15) is 0 Å². The number of anilines is 2. The summed E-state index contributed by atoms with van der Waals surface area (Å²) in [6, 6.07) is 9.98. The molecular weight excluding hydrogens is 445 g/mol. The van der Waals surface area contributed by atoms with Crippen molar-refractivity contribution in [1.29, 1.82) is 0 Å². The summed E-state index contributed by atoms with van der Waals surface area (Å²) < 4.78 is 46.3. The van der Waals surface area contributed by atoms with Gasteiger partial charge in [-0.25, -0.2) is 12.8 Å². The molecule has 0 N–H and O–H groups in total. The number of sulfonamides is 1. The van der Waals surface area contributed by atoms with Gasteiger partial charge in [-0.3, -0.25) is 9.10 Å². The number of halogens is 1. The number of rotatable bonds is 5. The van der Waals surface area contributed by atoms with Gasteiger partial charge in [-0.15, -0.1) is 0 Å². The molecule has 1 amide bonds. The van der Waals surface area contributed by atoms with E-state index in [1.807, 2.05) is 0 Å². The van der Waals surface area contributed by atoms with Gasteiger partial charge in [0.25, 0.3) is 5.91 Å². The number of benzene rings is 2. The van der Waals surface area contributed by atoms with Crippen molar-refractivity contribution in [3.63, 3.8) is 0 Å². The zero-order chi connectivity index (χ0) is 23.8. The van der Waals surface area contributed by atoms with Crippen LogP contribution in [-0.4, -0.2) is 70.9 Å². The van der Waals surface area contributed by atoms with Crippen LogP contribution in [0.3, 0.4) is 0 Å². The molecule has 0 bridgehead atoms. The molecular formula is C24H30FN3O4S. The van der Waals surface area contributed by atoms with E-state index in [0.717, 1.165) is 11.8 Å². The third-order valence-electron chi connectivity index (χ3n) is 6.40. The smallest absolute Gasteiger partial charge is 0.256 e. The second-order valence-electron chi connectivity index (χ2n) is 8.74. The molecule has 0 saturated carbocycles. The van der Waals surface area contributed by atoms with Gasteiger partial charge < -0.3 is 14.5 Å². The molecule has 2 fully saturated rings. The van der Waals surface area contributed by atoms with E-state index in [2.05, 4.69) is 36.9 Å². The Morgan fingerprint density at radius 3 is 2.45 bits per heavy atom. The number of aryl methyl sites for hydroxylation is 2. The van der Waals surface area contributed by atoms with E-state index in [-0.39, 0.29) is 35.6 Å². The van der Waals surface area contributed by atoms with Gasteiger partial charge in [0.15, 0.2) is 0 Å². The van der Waals surface area contributed by atoms with Crippen molar-refractivity contribution >= 4 is 27.3 Å². The molecule has 1 atom stereocenters. The molecule has 4 rings (SSSR count). The quantitative estimate of drug-likeness (QED) is 0.665. The van der Waals surface area contributed by atoms with Crippen molar-refractivity contribution in [3.8, 4) is 0 Å². The standard InChI is InChI=1S/C24H30FN3O4S/c1-17-4-7-23(18(2)14-17)26-9-11-27(12-10-26)24(29)21-6-5-19(15-22(21)25)28-20(16-32-3)8-13-33(28,30)31/h4-7,14-15,20H,8-13,16H2,1-3H3/t20-/m0/s1. The Bertz CT molecular complexity index is 1150. The van der Waals surface area contributed by atoms with Crippen LogP contribution in [0.15, 0.2) is 36.4 Å². The minimum atomic E-state index is -3.53. The number of carbonyl (C=O) groups excluding carboxylic acids is 1. The first kappa shape index (κ1) is 23.5. The van der Waals surface area contributed by atoms with Crippen molar-refractivity contribution < 1.29 is 22.3 Å². The molecule has 33 heavy (non-hydrogen) atoms. The number of ether oxygens (including phenoxy) is 1. The van der Waals surface area contributed by atoms with Crippen LogP contribution in [0.25, 0.3) is 0 Å². The number of amides is 1. The number of nitrogens with zero attached hydrogens (tertiary/aromatic N) is 3. The highest BCUT2D eigenvalue weighted by atomic mass is 32.2. The van der Waals surface area contributed by atoms with Crippen molar-refractivity contribution in [2.24, 2.45) is 0 Å². The first-order valence-corrected chi connectivity index (χ1v) is 12.7. The molecule has 2 heterocycles. The SMILES string of the molecule is COC[C@@H]1CCS(=O)(=O)N1c1ccc(C(=O)N2CCN(c3ccc(C)cc3C)CC2)c(F)c1. The van der Waals surface area contributed by atoms with E-state index in [9.17, 15) is 17.6 Å². The minimum absolute atomic E-state index is 0.00589. The van der Waals surface area contributed by atoms with E-state index in [1.54, 1.807) is 4.90 Å². The lowest BCUT2D eigenvalue weighted by molar-refractivity contribution is 0.0742. The van der Waals surface area contributed by atoms with Crippen LogP contribution in [0.2, 0.25) is 0 Å². The highest BCUT2D eigenvalue weighted by Crippen LogP contribution is 2.31. The van der Waals surface area contributed by atoms with Gasteiger partial charge in [-0.05, 0) is 50.1 Å². The van der Waals surface area contributed by atoms with Gasteiger partial charge >= 0.3 is 0 Å². The normalized spacial score (nSPS) is 20.4. The van der Waals surface area contributed by atoms with E-state index < -0.39 is 15.8 Å². The van der Waals surface area contributed by atoms with Crippen molar-refractivity contribution in [1.82, 2.24) is 4.90 Å². The van der Waals surface area contributed by atoms with Gasteiger partial charge in [0, 0.05) is 39.0 Å². The average Bonchev–Trinajstić information content (AvgIpc) is 3.07. The number of hydrogen-bond donors (Lipinski definition) is 0. The lowest BCUT2D eigenvalue weighted by atomic mass is 10.1. The van der Waals surface area contributed by atoms with Gasteiger partial charge in [-0.1, -0.05) is 17.7 Å². The van der Waals surface area contributed by atoms with Crippen LogP contribution in [0.5, 0.6) is 0 Å². The van der Waals surface area contributed by atoms with Crippen LogP contribution < -0.4 is 9.21 Å². The van der Waals surface area contributed by atoms with Gasteiger partial charge in [0.2, 0.25) is 10.0 Å². The molecule has 0 spiro atoms. The Kier molecular flexibility index (Phi) is 6.63. The molecule has 2 saturated heterocycles. The molecule has 178 valence electrons. The third-order valence-corrected chi connectivity index (χ3v) is 8.26. The molecule has 7 nitrogen and oxygen atoms in total. The Labute approximate surface area is 194 Å². The lowest BCUT2D eigenvalue weighted by Gasteiger charge is -2.37. The predicted octanol–water partition coefficient (Wildman–Crippen LogP) is 2.96. The summed E-state index contributed by atoms with van der Waals surface area (Å²) in [6.07, 6.45) is 0.420. The van der Waals surface area contributed by atoms with E-state index in [4.69, 9.17) is 4.74 Å². The van der Waals surface area contributed by atoms with Gasteiger partial charge in [0.1, 0.15) is 5.82 Å². The first-order valence-electron chi connectivity index (χ1n) is 11.1. The number of methoxy groups -OCH3 is 1. The maximum absolute atomic E-state index is 15.0. The number of hydrogen-bond acceptors (Lipinski definition) is 5. The molecule has 2 aliphatic heterocycles. The molecule has 0 radical (unpaired) electrons. The van der Waals surface area contributed by atoms with Crippen molar-refractivity contribution in [2.45, 2.75) is 26.3 Å². The summed E-state index contributed by atoms with van der Waals surface area (Å²) in [5.41, 5.74) is 3.74. The summed E-state index contributed by atoms with van der Waals surface area (Å²) in [5, 5.41) is 0. The summed E-state index contributed by atoms with van der Waals surface area (Å²) in [4.78, 5) is 16.9. The fourth-order valence-corrected chi connectivity index (χ4v) is 6.56. The molecule has 0 unspecified atom stereocenters. The van der Waals surface area contributed by atoms with Crippen LogP contribution >= 0.6 is 0 Å². The molecule has 9 heteroatoms. The van der Waals surface area contributed by atoms with Crippen LogP contribution in [0, 0.1) is 19.7 Å². The Hall–Kier alpha value is -2.65. The number of carbonyl (C=O) groups is 1. The Balaban J connectivity index is 1.47. The molecule has 0 aliphatic carbocycles. The third kappa shape index (κ3) is 4.70. The Morgan fingerprint density at radius 2 is 1.82 bits per heavy atom. The van der Waals surface area contributed by atoms with Crippen molar-refractivity contribution in [2.75, 3.05) is 54.9 Å². The fraction of sp³-hybridized carbons (Fsp3) is 0.458. The second-order valence-corrected chi connectivity index (χ2v) is 10.7. The van der Waals surface area contributed by atoms with Crippen LogP contribution in [-0.2, 0) is 14.8 Å². The topological polar surface area (TPSA) is 70.2 Å². The predicted molar refractivity (Wildman–Crippen MR) is 127 cm³/mol. The molecule has 2 aromatic rings. The second kappa shape index (κ2) is 9.30. The maximum Gasteiger partial charge on any atom is 0.256 e. The van der Waals surface area contributed by atoms with Crippen LogP contribution in [0.1, 0.15) is 27.9 Å². The fourth-order valence-electron chi connectivity index (χ4n) is 4.74. The van der Waals surface area contributed by atoms with Crippen molar-refractivity contribution in [3.05, 3.63) is 58.9 Å². The van der Waals surface area contributed by atoms with Crippen LogP contribution in [0.4, 0.5) is 15.8 Å². The summed E-state index contributed by atoms with van der Waals surface area (Å²) in [7, 11) is -2.03.